The number of rotatable bonds is 0. The SMILES string of the molecule is N#CC1CC2=C3CCCCC3CCC2C2=C1C1CCCCC1CC2. The maximum absolute atomic E-state index is 10.00. The van der Waals surface area contributed by atoms with Crippen molar-refractivity contribution in [3.8, 4) is 6.07 Å². The summed E-state index contributed by atoms with van der Waals surface area (Å²) in [5.74, 6) is 3.57. The molecule has 2 fully saturated rings. The quantitative estimate of drug-likeness (QED) is 0.479. The first-order valence-electron chi connectivity index (χ1n) is 10.7. The molecule has 0 bridgehead atoms. The summed E-state index contributed by atoms with van der Waals surface area (Å²) >= 11 is 0. The van der Waals surface area contributed by atoms with E-state index in [0.717, 1.165) is 30.1 Å². The Kier molecular flexibility index (Phi) is 3.84. The Hall–Kier alpha value is -1.03. The molecule has 0 spiro atoms. The van der Waals surface area contributed by atoms with Crippen LogP contribution in [0.5, 0.6) is 0 Å². The van der Waals surface area contributed by atoms with Gasteiger partial charge in [-0.25, -0.2) is 0 Å². The second kappa shape index (κ2) is 6.05. The van der Waals surface area contributed by atoms with Crippen molar-refractivity contribution in [1.82, 2.24) is 0 Å². The first-order chi connectivity index (χ1) is 11.9. The van der Waals surface area contributed by atoms with Gasteiger partial charge in [-0.3, -0.25) is 0 Å². The van der Waals surface area contributed by atoms with Crippen molar-refractivity contribution in [3.05, 3.63) is 22.3 Å². The fourth-order valence-electron chi connectivity index (χ4n) is 7.24. The van der Waals surface area contributed by atoms with Crippen LogP contribution in [0.25, 0.3) is 0 Å². The maximum atomic E-state index is 10.00. The molecule has 5 atom stereocenters. The Morgan fingerprint density at radius 2 is 1.62 bits per heavy atom. The Morgan fingerprint density at radius 1 is 0.750 bits per heavy atom. The average Bonchev–Trinajstić information content (AvgIpc) is 2.66. The van der Waals surface area contributed by atoms with Crippen LogP contribution in [0.3, 0.4) is 0 Å². The van der Waals surface area contributed by atoms with Gasteiger partial charge in [0.1, 0.15) is 0 Å². The third kappa shape index (κ3) is 2.25. The Labute approximate surface area is 147 Å². The molecule has 24 heavy (non-hydrogen) atoms. The fraction of sp³-hybridized carbons (Fsp3) is 0.783. The lowest BCUT2D eigenvalue weighted by atomic mass is 9.56. The van der Waals surface area contributed by atoms with Crippen LogP contribution in [0.1, 0.15) is 83.5 Å². The predicted octanol–water partition coefficient (Wildman–Crippen LogP) is 6.32. The average molecular weight is 322 g/mol. The molecule has 1 heteroatoms. The predicted molar refractivity (Wildman–Crippen MR) is 97.1 cm³/mol. The number of nitriles is 1. The van der Waals surface area contributed by atoms with Gasteiger partial charge in [-0.2, -0.15) is 5.26 Å². The Bertz CT molecular complexity index is 631. The normalized spacial score (nSPS) is 41.7. The number of hydrogen-bond acceptors (Lipinski definition) is 1. The summed E-state index contributed by atoms with van der Waals surface area (Å²) in [6.07, 6.45) is 17.9. The van der Waals surface area contributed by atoms with Gasteiger partial charge in [0.15, 0.2) is 0 Å². The second-order valence-corrected chi connectivity index (χ2v) is 9.18. The van der Waals surface area contributed by atoms with Gasteiger partial charge in [0.2, 0.25) is 0 Å². The minimum absolute atomic E-state index is 0.227. The van der Waals surface area contributed by atoms with E-state index in [1.54, 1.807) is 16.7 Å². The van der Waals surface area contributed by atoms with Crippen LogP contribution >= 0.6 is 0 Å². The van der Waals surface area contributed by atoms with Crippen LogP contribution in [0.2, 0.25) is 0 Å². The molecule has 128 valence electrons. The van der Waals surface area contributed by atoms with Gasteiger partial charge in [-0.1, -0.05) is 36.0 Å². The lowest BCUT2D eigenvalue weighted by molar-refractivity contribution is 0.213. The molecule has 5 aliphatic rings. The zero-order valence-electron chi connectivity index (χ0n) is 15.0. The van der Waals surface area contributed by atoms with Crippen LogP contribution in [-0.2, 0) is 0 Å². The molecule has 0 aromatic carbocycles. The molecule has 0 aliphatic heterocycles. The molecule has 0 amide bonds. The number of allylic oxidation sites excluding steroid dienone is 4. The van der Waals surface area contributed by atoms with Crippen molar-refractivity contribution in [1.29, 1.82) is 5.26 Å². The molecular weight excluding hydrogens is 290 g/mol. The molecule has 0 saturated heterocycles. The van der Waals surface area contributed by atoms with Crippen LogP contribution in [0.4, 0.5) is 0 Å². The molecule has 0 aromatic heterocycles. The van der Waals surface area contributed by atoms with E-state index in [0.29, 0.717) is 0 Å². The molecular formula is C23H31N. The monoisotopic (exact) mass is 321 g/mol. The molecule has 0 heterocycles. The van der Waals surface area contributed by atoms with Gasteiger partial charge in [0.05, 0.1) is 12.0 Å². The lowest BCUT2D eigenvalue weighted by Gasteiger charge is -2.48. The highest BCUT2D eigenvalue weighted by molar-refractivity contribution is 5.43. The second-order valence-electron chi connectivity index (χ2n) is 9.18. The number of fused-ring (bicyclic) bond motifs is 5. The molecule has 0 radical (unpaired) electrons. The summed E-state index contributed by atoms with van der Waals surface area (Å²) in [5, 5.41) is 10.00. The summed E-state index contributed by atoms with van der Waals surface area (Å²) in [6, 6.07) is 2.77. The molecule has 5 unspecified atom stereocenters. The summed E-state index contributed by atoms with van der Waals surface area (Å²) < 4.78 is 0. The zero-order valence-corrected chi connectivity index (χ0v) is 15.0. The highest BCUT2D eigenvalue weighted by Gasteiger charge is 2.44. The van der Waals surface area contributed by atoms with Crippen molar-refractivity contribution < 1.29 is 0 Å². The van der Waals surface area contributed by atoms with E-state index in [-0.39, 0.29) is 5.92 Å². The van der Waals surface area contributed by atoms with Gasteiger partial charge in [0.25, 0.3) is 0 Å². The van der Waals surface area contributed by atoms with E-state index in [2.05, 4.69) is 6.07 Å². The van der Waals surface area contributed by atoms with Gasteiger partial charge < -0.3 is 0 Å². The van der Waals surface area contributed by atoms with E-state index < -0.39 is 0 Å². The molecule has 0 N–H and O–H groups in total. The van der Waals surface area contributed by atoms with Crippen molar-refractivity contribution >= 4 is 0 Å². The van der Waals surface area contributed by atoms with E-state index in [4.69, 9.17) is 0 Å². The van der Waals surface area contributed by atoms with Crippen molar-refractivity contribution in [3.63, 3.8) is 0 Å². The third-order valence-electron chi connectivity index (χ3n) is 8.22. The van der Waals surface area contributed by atoms with Gasteiger partial charge >= 0.3 is 0 Å². The first kappa shape index (κ1) is 15.2. The topological polar surface area (TPSA) is 23.8 Å². The van der Waals surface area contributed by atoms with E-state index >= 15 is 0 Å². The fourth-order valence-corrected chi connectivity index (χ4v) is 7.24. The summed E-state index contributed by atoms with van der Waals surface area (Å²) in [5.41, 5.74) is 7.06. The Morgan fingerprint density at radius 3 is 2.54 bits per heavy atom. The highest BCUT2D eigenvalue weighted by Crippen LogP contribution is 2.57. The molecule has 2 saturated carbocycles. The van der Waals surface area contributed by atoms with E-state index in [1.165, 1.54) is 77.0 Å². The first-order valence-corrected chi connectivity index (χ1v) is 10.7. The van der Waals surface area contributed by atoms with Gasteiger partial charge in [-0.05, 0) is 87.5 Å². The molecule has 1 nitrogen and oxygen atoms in total. The molecule has 5 rings (SSSR count). The van der Waals surface area contributed by atoms with Crippen LogP contribution in [-0.4, -0.2) is 0 Å². The van der Waals surface area contributed by atoms with E-state index in [1.807, 2.05) is 5.57 Å². The van der Waals surface area contributed by atoms with Crippen molar-refractivity contribution in [2.24, 2.45) is 29.6 Å². The minimum atomic E-state index is 0.227. The smallest absolute Gasteiger partial charge is 0.0715 e. The van der Waals surface area contributed by atoms with Crippen LogP contribution in [0, 0.1) is 40.9 Å². The van der Waals surface area contributed by atoms with Crippen molar-refractivity contribution in [2.45, 2.75) is 83.5 Å². The van der Waals surface area contributed by atoms with Crippen LogP contribution < -0.4 is 0 Å². The summed E-state index contributed by atoms with van der Waals surface area (Å²) in [7, 11) is 0. The molecule has 5 aliphatic carbocycles. The lowest BCUT2D eigenvalue weighted by Crippen LogP contribution is -2.37. The van der Waals surface area contributed by atoms with Crippen LogP contribution in [0.15, 0.2) is 22.3 Å². The summed E-state index contributed by atoms with van der Waals surface area (Å²) in [6.45, 7) is 0. The van der Waals surface area contributed by atoms with Gasteiger partial charge in [0, 0.05) is 5.92 Å². The minimum Gasteiger partial charge on any atom is -0.198 e. The van der Waals surface area contributed by atoms with E-state index in [9.17, 15) is 5.26 Å². The number of nitrogens with zero attached hydrogens (tertiary/aromatic N) is 1. The number of hydrogen-bond donors (Lipinski definition) is 0. The zero-order chi connectivity index (χ0) is 16.1. The van der Waals surface area contributed by atoms with Gasteiger partial charge in [-0.15, -0.1) is 0 Å². The molecule has 0 aromatic rings. The maximum Gasteiger partial charge on any atom is 0.0715 e. The summed E-state index contributed by atoms with van der Waals surface area (Å²) in [4.78, 5) is 0. The largest absolute Gasteiger partial charge is 0.198 e. The highest BCUT2D eigenvalue weighted by atomic mass is 14.5. The third-order valence-corrected chi connectivity index (χ3v) is 8.22. The Balaban J connectivity index is 1.59. The standard InChI is InChI=1S/C23H31N/c24-14-17-13-22-18-7-3-1-5-15(18)9-11-20(22)21-12-10-16-6-2-4-8-19(16)23(17)21/h15-17,19-20H,1-13H2. The van der Waals surface area contributed by atoms with Crippen molar-refractivity contribution in [2.75, 3.05) is 0 Å².